The van der Waals surface area contributed by atoms with Crippen LogP contribution < -0.4 is 11.1 Å². The van der Waals surface area contributed by atoms with E-state index >= 15 is 0 Å². The fraction of sp³-hybridized carbons (Fsp3) is 0.444. The van der Waals surface area contributed by atoms with E-state index in [4.69, 9.17) is 5.73 Å². The second kappa shape index (κ2) is 3.82. The van der Waals surface area contributed by atoms with Crippen molar-refractivity contribution in [2.24, 2.45) is 12.8 Å². The van der Waals surface area contributed by atoms with Crippen molar-refractivity contribution in [3.05, 3.63) is 12.4 Å². The van der Waals surface area contributed by atoms with Crippen molar-refractivity contribution >= 4 is 17.0 Å². The molecule has 6 heteroatoms. The number of nitrogens with zero attached hydrogens (tertiary/aromatic N) is 4. The highest BCUT2D eigenvalue weighted by molar-refractivity contribution is 5.74. The highest BCUT2D eigenvalue weighted by Crippen LogP contribution is 2.10. The van der Waals surface area contributed by atoms with Crippen LogP contribution in [0.2, 0.25) is 0 Å². The molecule has 0 fully saturated rings. The molecule has 15 heavy (non-hydrogen) atoms. The number of hydrogen-bond donors (Lipinski definition) is 2. The zero-order valence-electron chi connectivity index (χ0n) is 8.81. The minimum absolute atomic E-state index is 0.166. The Balaban J connectivity index is 2.31. The molecule has 6 nitrogen and oxygen atoms in total. The lowest BCUT2D eigenvalue weighted by atomic mass is 10.3. The van der Waals surface area contributed by atoms with E-state index in [0.29, 0.717) is 12.5 Å². The number of rotatable bonds is 3. The Kier molecular flexibility index (Phi) is 2.51. The topological polar surface area (TPSA) is 81.6 Å². The number of nitrogens with one attached hydrogen (secondary N) is 1. The summed E-state index contributed by atoms with van der Waals surface area (Å²) in [6, 6.07) is 0.166. The van der Waals surface area contributed by atoms with Gasteiger partial charge in [-0.25, -0.2) is 9.97 Å². The third-order valence-electron chi connectivity index (χ3n) is 2.23. The summed E-state index contributed by atoms with van der Waals surface area (Å²) in [5.41, 5.74) is 7.25. The third kappa shape index (κ3) is 1.89. The smallest absolute Gasteiger partial charge is 0.223 e. The minimum Gasteiger partial charge on any atom is -0.350 e. The second-order valence-corrected chi connectivity index (χ2v) is 3.51. The summed E-state index contributed by atoms with van der Waals surface area (Å²) in [5, 5.41) is 7.21. The van der Waals surface area contributed by atoms with Gasteiger partial charge in [-0.1, -0.05) is 0 Å². The quantitative estimate of drug-likeness (QED) is 0.745. The first-order valence-corrected chi connectivity index (χ1v) is 4.82. The van der Waals surface area contributed by atoms with Crippen molar-refractivity contribution < 1.29 is 0 Å². The molecule has 1 unspecified atom stereocenters. The van der Waals surface area contributed by atoms with Crippen molar-refractivity contribution in [2.45, 2.75) is 13.0 Å². The van der Waals surface area contributed by atoms with Crippen molar-refractivity contribution in [1.29, 1.82) is 0 Å². The maximum absolute atomic E-state index is 5.50. The minimum atomic E-state index is 0.166. The molecule has 0 aliphatic heterocycles. The molecular formula is C9H14N6. The van der Waals surface area contributed by atoms with Gasteiger partial charge in [-0.2, -0.15) is 5.10 Å². The molecule has 0 saturated carbocycles. The zero-order valence-corrected chi connectivity index (χ0v) is 8.81. The largest absolute Gasteiger partial charge is 0.350 e. The summed E-state index contributed by atoms with van der Waals surface area (Å²) >= 11 is 0. The number of nitrogens with two attached hydrogens (primary N) is 1. The Morgan fingerprint density at radius 3 is 3.07 bits per heavy atom. The average molecular weight is 206 g/mol. The summed E-state index contributed by atoms with van der Waals surface area (Å²) in [6.45, 7) is 2.53. The number of anilines is 1. The molecule has 0 spiro atoms. The summed E-state index contributed by atoms with van der Waals surface area (Å²) < 4.78 is 1.74. The summed E-state index contributed by atoms with van der Waals surface area (Å²) in [7, 11) is 1.86. The SMILES string of the molecule is CC(CN)Nc1ncc2c(cnn2C)n1. The number of fused-ring (bicyclic) bond motifs is 1. The van der Waals surface area contributed by atoms with E-state index in [9.17, 15) is 0 Å². The molecule has 2 aromatic heterocycles. The molecule has 0 aliphatic carbocycles. The Morgan fingerprint density at radius 2 is 2.33 bits per heavy atom. The first-order chi connectivity index (χ1) is 7.20. The average Bonchev–Trinajstić information content (AvgIpc) is 2.60. The summed E-state index contributed by atoms with van der Waals surface area (Å²) in [6.07, 6.45) is 3.47. The molecule has 3 N–H and O–H groups in total. The molecule has 80 valence electrons. The predicted octanol–water partition coefficient (Wildman–Crippen LogP) is 0.122. The second-order valence-electron chi connectivity index (χ2n) is 3.51. The lowest BCUT2D eigenvalue weighted by Crippen LogP contribution is -2.26. The fourth-order valence-electron chi connectivity index (χ4n) is 1.29. The van der Waals surface area contributed by atoms with E-state index in [1.807, 2.05) is 14.0 Å². The van der Waals surface area contributed by atoms with Gasteiger partial charge in [-0.05, 0) is 6.92 Å². The van der Waals surface area contributed by atoms with Crippen LogP contribution in [0, 0.1) is 0 Å². The Morgan fingerprint density at radius 1 is 1.53 bits per heavy atom. The Labute approximate surface area is 87.5 Å². The molecule has 0 aliphatic rings. The van der Waals surface area contributed by atoms with E-state index in [1.165, 1.54) is 0 Å². The van der Waals surface area contributed by atoms with Crippen molar-refractivity contribution in [2.75, 3.05) is 11.9 Å². The van der Waals surface area contributed by atoms with Crippen LogP contribution in [0.5, 0.6) is 0 Å². The van der Waals surface area contributed by atoms with Gasteiger partial charge in [0.1, 0.15) is 11.0 Å². The van der Waals surface area contributed by atoms with Crippen molar-refractivity contribution in [3.63, 3.8) is 0 Å². The number of hydrogen-bond acceptors (Lipinski definition) is 5. The van der Waals surface area contributed by atoms with Crippen molar-refractivity contribution in [3.8, 4) is 0 Å². The van der Waals surface area contributed by atoms with Crippen LogP contribution in [0.3, 0.4) is 0 Å². The van der Waals surface area contributed by atoms with Crippen LogP contribution in [0.4, 0.5) is 5.95 Å². The van der Waals surface area contributed by atoms with Gasteiger partial charge in [0.2, 0.25) is 5.95 Å². The first-order valence-electron chi connectivity index (χ1n) is 4.82. The highest BCUT2D eigenvalue weighted by atomic mass is 15.3. The molecule has 0 amide bonds. The zero-order chi connectivity index (χ0) is 10.8. The van der Waals surface area contributed by atoms with Crippen LogP contribution in [0.1, 0.15) is 6.92 Å². The van der Waals surface area contributed by atoms with Gasteiger partial charge >= 0.3 is 0 Å². The van der Waals surface area contributed by atoms with Gasteiger partial charge in [-0.15, -0.1) is 0 Å². The summed E-state index contributed by atoms with van der Waals surface area (Å²) in [5.74, 6) is 0.591. The van der Waals surface area contributed by atoms with Gasteiger partial charge in [0.15, 0.2) is 0 Å². The van der Waals surface area contributed by atoms with E-state index in [1.54, 1.807) is 17.1 Å². The number of aryl methyl sites for hydroxylation is 1. The normalized spacial score (nSPS) is 13.0. The number of aromatic nitrogens is 4. The molecule has 0 bridgehead atoms. The Hall–Kier alpha value is -1.69. The van der Waals surface area contributed by atoms with Crippen LogP contribution in [0.15, 0.2) is 12.4 Å². The fourth-order valence-corrected chi connectivity index (χ4v) is 1.29. The van der Waals surface area contributed by atoms with E-state index in [-0.39, 0.29) is 6.04 Å². The molecule has 0 radical (unpaired) electrons. The highest BCUT2D eigenvalue weighted by Gasteiger charge is 2.05. The molecule has 0 aromatic carbocycles. The van der Waals surface area contributed by atoms with Gasteiger partial charge in [0.25, 0.3) is 0 Å². The molecule has 2 aromatic rings. The maximum Gasteiger partial charge on any atom is 0.223 e. The maximum atomic E-state index is 5.50. The molecule has 2 heterocycles. The Bertz CT molecular complexity index is 463. The monoisotopic (exact) mass is 206 g/mol. The van der Waals surface area contributed by atoms with E-state index in [2.05, 4.69) is 20.4 Å². The first kappa shape index (κ1) is 9.85. The van der Waals surface area contributed by atoms with E-state index in [0.717, 1.165) is 11.0 Å². The lowest BCUT2D eigenvalue weighted by molar-refractivity contribution is 0.787. The van der Waals surface area contributed by atoms with E-state index < -0.39 is 0 Å². The van der Waals surface area contributed by atoms with Gasteiger partial charge in [0.05, 0.1) is 12.4 Å². The standard InChI is InChI=1S/C9H14N6/c1-6(3-10)13-9-11-5-8-7(14-9)4-12-15(8)2/h4-6H,3,10H2,1-2H3,(H,11,13,14). The van der Waals surface area contributed by atoms with Crippen LogP contribution in [-0.2, 0) is 7.05 Å². The van der Waals surface area contributed by atoms with Gasteiger partial charge in [0, 0.05) is 19.6 Å². The molecule has 1 atom stereocenters. The van der Waals surface area contributed by atoms with Gasteiger partial charge < -0.3 is 11.1 Å². The molecule has 0 saturated heterocycles. The predicted molar refractivity (Wildman–Crippen MR) is 58.4 cm³/mol. The van der Waals surface area contributed by atoms with Crippen molar-refractivity contribution in [1.82, 2.24) is 19.7 Å². The van der Waals surface area contributed by atoms with Gasteiger partial charge in [-0.3, -0.25) is 4.68 Å². The molecular weight excluding hydrogens is 192 g/mol. The van der Waals surface area contributed by atoms with Crippen LogP contribution in [-0.4, -0.2) is 32.3 Å². The third-order valence-corrected chi connectivity index (χ3v) is 2.23. The lowest BCUT2D eigenvalue weighted by Gasteiger charge is -2.10. The van der Waals surface area contributed by atoms with Crippen LogP contribution in [0.25, 0.3) is 11.0 Å². The molecule has 2 rings (SSSR count). The summed E-state index contributed by atoms with van der Waals surface area (Å²) in [4.78, 5) is 8.51. The van der Waals surface area contributed by atoms with Crippen LogP contribution >= 0.6 is 0 Å².